The Morgan fingerprint density at radius 3 is 3.08 bits per heavy atom. The van der Waals surface area contributed by atoms with Crippen LogP contribution in [0.3, 0.4) is 0 Å². The minimum absolute atomic E-state index is 0.0472. The fourth-order valence-corrected chi connectivity index (χ4v) is 0.852. The third-order valence-corrected chi connectivity index (χ3v) is 1.43. The van der Waals surface area contributed by atoms with E-state index < -0.39 is 0 Å². The Bertz CT molecular complexity index is 494. The maximum Gasteiger partial charge on any atom is 0.336 e. The highest BCUT2D eigenvalue weighted by Crippen LogP contribution is 2.01. The summed E-state index contributed by atoms with van der Waals surface area (Å²) in [5.74, 6) is 0. The molecule has 0 radical (unpaired) electrons. The van der Waals surface area contributed by atoms with Gasteiger partial charge in [-0.1, -0.05) is 5.10 Å². The van der Waals surface area contributed by atoms with Crippen LogP contribution in [0, 0.1) is 0 Å². The molecule has 2 heterocycles. The molecular weight excluding hydrogens is 174 g/mol. The van der Waals surface area contributed by atoms with Crippen molar-refractivity contribution in [2.24, 2.45) is 0 Å². The lowest BCUT2D eigenvalue weighted by Gasteiger charge is -1.95. The lowest BCUT2D eigenvalue weighted by Crippen LogP contribution is -2.10. The van der Waals surface area contributed by atoms with Gasteiger partial charge in [-0.3, -0.25) is 4.79 Å². The van der Waals surface area contributed by atoms with Gasteiger partial charge in [0, 0.05) is 0 Å². The quantitative estimate of drug-likeness (QED) is 0.610. The van der Waals surface area contributed by atoms with E-state index in [4.69, 9.17) is 4.74 Å². The molecule has 66 valence electrons. The highest BCUT2D eigenvalue weighted by Gasteiger charge is 2.04. The second kappa shape index (κ2) is 2.77. The fourth-order valence-electron chi connectivity index (χ4n) is 0.852. The van der Waals surface area contributed by atoms with Crippen LogP contribution in [0.2, 0.25) is 0 Å². The number of H-pyrrole nitrogens is 1. The zero-order valence-electron chi connectivity index (χ0n) is 6.68. The van der Waals surface area contributed by atoms with E-state index in [1.165, 1.54) is 13.4 Å². The number of hydrogen-bond acceptors (Lipinski definition) is 6. The Morgan fingerprint density at radius 1 is 1.46 bits per heavy atom. The van der Waals surface area contributed by atoms with Crippen molar-refractivity contribution in [3.63, 3.8) is 0 Å². The van der Waals surface area contributed by atoms with Gasteiger partial charge in [0.15, 0.2) is 5.52 Å². The zero-order valence-corrected chi connectivity index (χ0v) is 6.68. The van der Waals surface area contributed by atoms with Crippen LogP contribution >= 0.6 is 0 Å². The first-order valence-corrected chi connectivity index (χ1v) is 3.43. The average Bonchev–Trinajstić information content (AvgIpc) is 2.18. The molecule has 0 aliphatic carbocycles. The molecule has 0 fully saturated rings. The highest BCUT2D eigenvalue weighted by atomic mass is 16.5. The lowest BCUT2D eigenvalue weighted by molar-refractivity contribution is 0.375. The van der Waals surface area contributed by atoms with Crippen LogP contribution < -0.4 is 10.3 Å². The number of ether oxygens (including phenoxy) is 1. The average molecular weight is 179 g/mol. The number of aromatic amines is 1. The van der Waals surface area contributed by atoms with Crippen molar-refractivity contribution in [3.8, 4) is 6.01 Å². The molecule has 1 N–H and O–H groups in total. The van der Waals surface area contributed by atoms with E-state index in [0.717, 1.165) is 0 Å². The van der Waals surface area contributed by atoms with Gasteiger partial charge in [0.2, 0.25) is 5.65 Å². The van der Waals surface area contributed by atoms with E-state index in [-0.39, 0.29) is 22.7 Å². The van der Waals surface area contributed by atoms with Crippen molar-refractivity contribution in [3.05, 3.63) is 16.7 Å². The number of nitrogens with zero attached hydrogens (tertiary/aromatic N) is 4. The molecule has 7 nitrogen and oxygen atoms in total. The molecule has 0 bridgehead atoms. The van der Waals surface area contributed by atoms with Crippen LogP contribution in [-0.4, -0.2) is 32.3 Å². The molecule has 0 atom stereocenters. The first kappa shape index (κ1) is 7.59. The predicted molar refractivity (Wildman–Crippen MR) is 42.3 cm³/mol. The molecule has 2 aromatic heterocycles. The molecule has 2 aromatic rings. The van der Waals surface area contributed by atoms with Crippen molar-refractivity contribution >= 4 is 11.2 Å². The first-order chi connectivity index (χ1) is 6.31. The Hall–Kier alpha value is -2.05. The van der Waals surface area contributed by atoms with E-state index in [9.17, 15) is 4.79 Å². The van der Waals surface area contributed by atoms with Crippen LogP contribution in [0.15, 0.2) is 11.1 Å². The van der Waals surface area contributed by atoms with Gasteiger partial charge in [-0.15, -0.1) is 5.10 Å². The van der Waals surface area contributed by atoms with Gasteiger partial charge in [0.1, 0.15) is 0 Å². The van der Waals surface area contributed by atoms with E-state index >= 15 is 0 Å². The van der Waals surface area contributed by atoms with Crippen molar-refractivity contribution in [2.45, 2.75) is 0 Å². The lowest BCUT2D eigenvalue weighted by atomic mass is 10.5. The molecule has 0 aromatic carbocycles. The second-order valence-corrected chi connectivity index (χ2v) is 2.20. The van der Waals surface area contributed by atoms with Crippen molar-refractivity contribution < 1.29 is 4.74 Å². The van der Waals surface area contributed by atoms with Crippen molar-refractivity contribution in [2.75, 3.05) is 7.11 Å². The molecule has 2 rings (SSSR count). The maximum atomic E-state index is 11.2. The van der Waals surface area contributed by atoms with Crippen LogP contribution in [0.25, 0.3) is 11.2 Å². The van der Waals surface area contributed by atoms with Crippen LogP contribution in [-0.2, 0) is 0 Å². The molecule has 0 aliphatic heterocycles. The van der Waals surface area contributed by atoms with Gasteiger partial charge < -0.3 is 9.72 Å². The summed E-state index contributed by atoms with van der Waals surface area (Å²) in [6, 6.07) is 0.0472. The van der Waals surface area contributed by atoms with Gasteiger partial charge in [-0.25, -0.2) is 4.98 Å². The summed E-state index contributed by atoms with van der Waals surface area (Å²) in [6.45, 7) is 0. The third-order valence-electron chi connectivity index (χ3n) is 1.43. The fraction of sp³-hybridized carbons (Fsp3) is 0.167. The summed E-state index contributed by atoms with van der Waals surface area (Å²) in [7, 11) is 1.40. The molecule has 0 aliphatic rings. The first-order valence-electron chi connectivity index (χ1n) is 3.43. The molecule has 0 amide bonds. The minimum Gasteiger partial charge on any atom is -0.466 e. The smallest absolute Gasteiger partial charge is 0.336 e. The Balaban J connectivity index is 2.82. The summed E-state index contributed by atoms with van der Waals surface area (Å²) >= 11 is 0. The number of hydrogen-bond donors (Lipinski definition) is 1. The normalized spacial score (nSPS) is 10.2. The van der Waals surface area contributed by atoms with Gasteiger partial charge in [-0.2, -0.15) is 4.98 Å². The summed E-state index contributed by atoms with van der Waals surface area (Å²) in [5, 5.41) is 7.21. The topological polar surface area (TPSA) is 93.7 Å². The largest absolute Gasteiger partial charge is 0.466 e. The third kappa shape index (κ3) is 1.19. The number of fused-ring (bicyclic) bond motifs is 1. The predicted octanol–water partition coefficient (Wildman–Crippen LogP) is -0.883. The zero-order chi connectivity index (χ0) is 9.26. The number of aromatic nitrogens is 5. The van der Waals surface area contributed by atoms with Crippen molar-refractivity contribution in [1.29, 1.82) is 0 Å². The van der Waals surface area contributed by atoms with Crippen LogP contribution in [0.5, 0.6) is 6.01 Å². The van der Waals surface area contributed by atoms with E-state index in [2.05, 4.69) is 25.1 Å². The maximum absolute atomic E-state index is 11.2. The molecule has 0 spiro atoms. The standard InChI is InChI=1S/C6H5N5O2/c1-13-6-9-3-4(10-11-6)7-2-8-5(3)12/h2H,1H3,(H,7,8,10,12). The van der Waals surface area contributed by atoms with Crippen LogP contribution in [0.1, 0.15) is 0 Å². The molecule has 13 heavy (non-hydrogen) atoms. The number of nitrogens with one attached hydrogen (secondary N) is 1. The summed E-state index contributed by atoms with van der Waals surface area (Å²) in [6.07, 6.45) is 1.24. The van der Waals surface area contributed by atoms with Gasteiger partial charge in [0.25, 0.3) is 5.56 Å². The Kier molecular flexibility index (Phi) is 1.62. The minimum atomic E-state index is -0.363. The molecule has 0 saturated heterocycles. The molecular formula is C6H5N5O2. The van der Waals surface area contributed by atoms with Gasteiger partial charge >= 0.3 is 6.01 Å². The SMILES string of the molecule is COc1nnc2nc[nH]c(=O)c2n1. The molecule has 7 heteroatoms. The van der Waals surface area contributed by atoms with Crippen molar-refractivity contribution in [1.82, 2.24) is 25.1 Å². The molecule has 0 saturated carbocycles. The van der Waals surface area contributed by atoms with E-state index in [0.29, 0.717) is 0 Å². The summed E-state index contributed by atoms with van der Waals surface area (Å²) in [4.78, 5) is 21.1. The number of rotatable bonds is 1. The Labute approximate surface area is 71.8 Å². The monoisotopic (exact) mass is 179 g/mol. The van der Waals surface area contributed by atoms with Gasteiger partial charge in [-0.05, 0) is 0 Å². The highest BCUT2D eigenvalue weighted by molar-refractivity contribution is 5.66. The Morgan fingerprint density at radius 2 is 2.31 bits per heavy atom. The molecule has 0 unspecified atom stereocenters. The summed E-state index contributed by atoms with van der Waals surface area (Å²) < 4.78 is 4.71. The second-order valence-electron chi connectivity index (χ2n) is 2.20. The number of methoxy groups -OCH3 is 1. The van der Waals surface area contributed by atoms with E-state index in [1.54, 1.807) is 0 Å². The van der Waals surface area contributed by atoms with E-state index in [1.807, 2.05) is 0 Å². The van der Waals surface area contributed by atoms with Crippen LogP contribution in [0.4, 0.5) is 0 Å². The summed E-state index contributed by atoms with van der Waals surface area (Å²) in [5.41, 5.74) is -0.0444. The van der Waals surface area contributed by atoms with Gasteiger partial charge in [0.05, 0.1) is 13.4 Å².